The summed E-state index contributed by atoms with van der Waals surface area (Å²) in [6.45, 7) is 1.84. The molecule has 2 aromatic rings. The number of rotatable bonds is 4. The van der Waals surface area contributed by atoms with Gasteiger partial charge in [0.2, 0.25) is 0 Å². The lowest BCUT2D eigenvalue weighted by Gasteiger charge is -2.33. The van der Waals surface area contributed by atoms with Gasteiger partial charge in [0.1, 0.15) is 0 Å². The molecule has 1 amide bonds. The van der Waals surface area contributed by atoms with Gasteiger partial charge in [-0.2, -0.15) is 0 Å². The average molecular weight is 319 g/mol. The number of amides is 1. The van der Waals surface area contributed by atoms with Gasteiger partial charge in [-0.15, -0.1) is 6.42 Å². The van der Waals surface area contributed by atoms with Gasteiger partial charge in [0.05, 0.1) is 12.7 Å². The largest absolute Gasteiger partial charge is 0.375 e. The first-order valence-electron chi connectivity index (χ1n) is 8.28. The second kappa shape index (κ2) is 7.81. The number of carbonyl (C=O) groups excluding carboxylic acids is 1. The van der Waals surface area contributed by atoms with Crippen molar-refractivity contribution in [3.05, 3.63) is 71.3 Å². The van der Waals surface area contributed by atoms with Gasteiger partial charge < -0.3 is 9.64 Å². The van der Waals surface area contributed by atoms with E-state index < -0.39 is 0 Å². The summed E-state index contributed by atoms with van der Waals surface area (Å²) in [4.78, 5) is 14.6. The Hall–Kier alpha value is -2.57. The molecule has 122 valence electrons. The minimum absolute atomic E-state index is 0.0279. The van der Waals surface area contributed by atoms with E-state index in [4.69, 9.17) is 11.2 Å². The number of benzene rings is 2. The molecule has 0 aromatic heterocycles. The van der Waals surface area contributed by atoms with E-state index in [0.717, 1.165) is 18.4 Å². The Morgan fingerprint density at radius 3 is 2.83 bits per heavy atom. The van der Waals surface area contributed by atoms with E-state index in [1.54, 1.807) is 6.07 Å². The van der Waals surface area contributed by atoms with Crippen LogP contribution in [0.2, 0.25) is 0 Å². The van der Waals surface area contributed by atoms with Gasteiger partial charge in [0.15, 0.2) is 0 Å². The first-order valence-corrected chi connectivity index (χ1v) is 8.28. The normalized spacial score (nSPS) is 17.3. The van der Waals surface area contributed by atoms with Crippen molar-refractivity contribution in [3.63, 3.8) is 0 Å². The fourth-order valence-electron chi connectivity index (χ4n) is 2.98. The first kappa shape index (κ1) is 16.3. The molecule has 0 aliphatic carbocycles. The molecular weight excluding hydrogens is 298 g/mol. The number of terminal acetylenes is 1. The van der Waals surface area contributed by atoms with Crippen molar-refractivity contribution in [3.8, 4) is 12.3 Å². The lowest BCUT2D eigenvalue weighted by atomic mass is 10.0. The molecule has 0 bridgehead atoms. The van der Waals surface area contributed by atoms with Crippen LogP contribution in [0, 0.1) is 12.3 Å². The van der Waals surface area contributed by atoms with Crippen LogP contribution >= 0.6 is 0 Å². The molecule has 3 heteroatoms. The third kappa shape index (κ3) is 4.04. The van der Waals surface area contributed by atoms with Crippen LogP contribution in [0.15, 0.2) is 54.6 Å². The highest BCUT2D eigenvalue weighted by Crippen LogP contribution is 2.15. The van der Waals surface area contributed by atoms with E-state index in [1.807, 2.05) is 41.3 Å². The highest BCUT2D eigenvalue weighted by atomic mass is 16.5. The molecule has 3 rings (SSSR count). The molecule has 1 aliphatic heterocycles. The summed E-state index contributed by atoms with van der Waals surface area (Å²) in [6, 6.07) is 17.6. The highest BCUT2D eigenvalue weighted by molar-refractivity contribution is 5.94. The molecule has 1 heterocycles. The average Bonchev–Trinajstić information content (AvgIpc) is 2.67. The van der Waals surface area contributed by atoms with E-state index in [-0.39, 0.29) is 12.0 Å². The van der Waals surface area contributed by atoms with Crippen molar-refractivity contribution >= 4 is 5.91 Å². The number of aryl methyl sites for hydroxylation is 1. The number of hydrogen-bond acceptors (Lipinski definition) is 2. The minimum Gasteiger partial charge on any atom is -0.375 e. The van der Waals surface area contributed by atoms with Crippen LogP contribution in [-0.4, -0.2) is 36.6 Å². The quantitative estimate of drug-likeness (QED) is 0.810. The maximum Gasteiger partial charge on any atom is 0.254 e. The topological polar surface area (TPSA) is 29.5 Å². The van der Waals surface area contributed by atoms with Gasteiger partial charge in [-0.1, -0.05) is 42.3 Å². The summed E-state index contributed by atoms with van der Waals surface area (Å²) in [5.41, 5.74) is 2.68. The number of morpholine rings is 1. The SMILES string of the molecule is C#Cc1cccc(C(=O)N2CCO[C@H](CCc3ccccc3)C2)c1. The molecule has 0 radical (unpaired) electrons. The molecule has 0 unspecified atom stereocenters. The maximum absolute atomic E-state index is 12.7. The predicted octanol–water partition coefficient (Wildman–Crippen LogP) is 3.14. The second-order valence-corrected chi connectivity index (χ2v) is 5.99. The lowest BCUT2D eigenvalue weighted by Crippen LogP contribution is -2.45. The Labute approximate surface area is 143 Å². The first-order chi connectivity index (χ1) is 11.8. The van der Waals surface area contributed by atoms with Crippen molar-refractivity contribution in [2.45, 2.75) is 18.9 Å². The monoisotopic (exact) mass is 319 g/mol. The lowest BCUT2D eigenvalue weighted by molar-refractivity contribution is -0.0246. The Kier molecular flexibility index (Phi) is 5.30. The van der Waals surface area contributed by atoms with Crippen LogP contribution in [0.4, 0.5) is 0 Å². The summed E-state index contributed by atoms with van der Waals surface area (Å²) >= 11 is 0. The van der Waals surface area contributed by atoms with Gasteiger partial charge in [0, 0.05) is 24.2 Å². The summed E-state index contributed by atoms with van der Waals surface area (Å²) in [5.74, 6) is 2.60. The highest BCUT2D eigenvalue weighted by Gasteiger charge is 2.24. The number of ether oxygens (including phenoxy) is 1. The fraction of sp³-hybridized carbons (Fsp3) is 0.286. The Morgan fingerprint density at radius 2 is 2.04 bits per heavy atom. The van der Waals surface area contributed by atoms with Crippen LogP contribution in [0.3, 0.4) is 0 Å². The van der Waals surface area contributed by atoms with E-state index in [0.29, 0.717) is 25.3 Å². The van der Waals surface area contributed by atoms with E-state index >= 15 is 0 Å². The zero-order valence-corrected chi connectivity index (χ0v) is 13.7. The smallest absolute Gasteiger partial charge is 0.254 e. The molecule has 1 aliphatic rings. The third-order valence-corrected chi connectivity index (χ3v) is 4.30. The Balaban J connectivity index is 1.60. The van der Waals surface area contributed by atoms with Crippen molar-refractivity contribution < 1.29 is 9.53 Å². The van der Waals surface area contributed by atoms with Crippen molar-refractivity contribution in [2.75, 3.05) is 19.7 Å². The van der Waals surface area contributed by atoms with Crippen LogP contribution < -0.4 is 0 Å². The Morgan fingerprint density at radius 1 is 1.21 bits per heavy atom. The summed E-state index contributed by atoms with van der Waals surface area (Å²) < 4.78 is 5.83. The van der Waals surface area contributed by atoms with Gasteiger partial charge in [0.25, 0.3) is 5.91 Å². The van der Waals surface area contributed by atoms with E-state index in [9.17, 15) is 4.79 Å². The van der Waals surface area contributed by atoms with Gasteiger partial charge in [-0.3, -0.25) is 4.79 Å². The number of nitrogens with zero attached hydrogens (tertiary/aromatic N) is 1. The summed E-state index contributed by atoms with van der Waals surface area (Å²) in [7, 11) is 0. The molecule has 3 nitrogen and oxygen atoms in total. The third-order valence-electron chi connectivity index (χ3n) is 4.30. The van der Waals surface area contributed by atoms with Crippen molar-refractivity contribution in [2.24, 2.45) is 0 Å². The number of hydrogen-bond donors (Lipinski definition) is 0. The molecule has 0 spiro atoms. The Bertz CT molecular complexity index is 733. The second-order valence-electron chi connectivity index (χ2n) is 5.99. The maximum atomic E-state index is 12.7. The van der Waals surface area contributed by atoms with Gasteiger partial charge >= 0.3 is 0 Å². The molecule has 1 atom stereocenters. The van der Waals surface area contributed by atoms with Crippen LogP contribution in [0.5, 0.6) is 0 Å². The number of carbonyl (C=O) groups is 1. The van der Waals surface area contributed by atoms with Crippen LogP contribution in [-0.2, 0) is 11.2 Å². The van der Waals surface area contributed by atoms with Gasteiger partial charge in [-0.25, -0.2) is 0 Å². The molecule has 1 saturated heterocycles. The molecule has 2 aromatic carbocycles. The molecule has 1 fully saturated rings. The predicted molar refractivity (Wildman–Crippen MR) is 94.8 cm³/mol. The minimum atomic E-state index is 0.0279. The standard InChI is InChI=1S/C21H21NO2/c1-2-17-9-6-10-19(15-17)21(23)22-13-14-24-20(16-22)12-11-18-7-4-3-5-8-18/h1,3-10,15,20H,11-14,16H2/t20-/m1/s1. The van der Waals surface area contributed by atoms with E-state index in [1.165, 1.54) is 5.56 Å². The molecule has 24 heavy (non-hydrogen) atoms. The summed E-state index contributed by atoms with van der Waals surface area (Å²) in [6.07, 6.45) is 7.37. The molecule has 0 saturated carbocycles. The van der Waals surface area contributed by atoms with Gasteiger partial charge in [-0.05, 0) is 36.6 Å². The molecule has 0 N–H and O–H groups in total. The zero-order valence-electron chi connectivity index (χ0n) is 13.7. The summed E-state index contributed by atoms with van der Waals surface area (Å²) in [5, 5.41) is 0. The molecular formula is C21H21NO2. The van der Waals surface area contributed by atoms with E-state index in [2.05, 4.69) is 18.1 Å². The zero-order chi connectivity index (χ0) is 16.8. The van der Waals surface area contributed by atoms with Crippen molar-refractivity contribution in [1.29, 1.82) is 0 Å². The van der Waals surface area contributed by atoms with Crippen LogP contribution in [0.1, 0.15) is 27.9 Å². The fourth-order valence-corrected chi connectivity index (χ4v) is 2.98. The van der Waals surface area contributed by atoms with Crippen LogP contribution in [0.25, 0.3) is 0 Å². The van der Waals surface area contributed by atoms with Crippen molar-refractivity contribution in [1.82, 2.24) is 4.90 Å².